The number of fused-ring (bicyclic) bond motifs is 3. The minimum absolute atomic E-state index is 0.0294. The third-order valence-electron chi connectivity index (χ3n) is 3.63. The van der Waals surface area contributed by atoms with Gasteiger partial charge in [0.25, 0.3) is 0 Å². The van der Waals surface area contributed by atoms with E-state index >= 15 is 0 Å². The molecule has 3 aliphatic heterocycles. The number of hydrogen-bond acceptors (Lipinski definition) is 5. The van der Waals surface area contributed by atoms with E-state index in [0.29, 0.717) is 13.2 Å². The van der Waals surface area contributed by atoms with Crippen LogP contribution in [0.5, 0.6) is 0 Å². The first-order valence-corrected chi connectivity index (χ1v) is 8.81. The Morgan fingerprint density at radius 1 is 1.10 bits per heavy atom. The summed E-state index contributed by atoms with van der Waals surface area (Å²) in [4.78, 5) is 2.59. The molecular weight excluding hydrogens is 292 g/mol. The fourth-order valence-electron chi connectivity index (χ4n) is 2.68. The van der Waals surface area contributed by atoms with Gasteiger partial charge in [-0.15, -0.1) is 23.5 Å². The monoisotopic (exact) mass is 308 g/mol. The lowest BCUT2D eigenvalue weighted by Crippen LogP contribution is -2.37. The zero-order valence-electron chi connectivity index (χ0n) is 11.0. The van der Waals surface area contributed by atoms with Crippen molar-refractivity contribution in [3.63, 3.8) is 0 Å². The van der Waals surface area contributed by atoms with Gasteiger partial charge in [-0.2, -0.15) is 0 Å². The number of benzene rings is 1. The fourth-order valence-corrected chi connectivity index (χ4v) is 5.28. The minimum Gasteiger partial charge on any atom is -0.365 e. The van der Waals surface area contributed by atoms with E-state index in [1.807, 2.05) is 41.7 Å². The molecule has 0 radical (unpaired) electrons. The van der Waals surface area contributed by atoms with Gasteiger partial charge in [0.15, 0.2) is 6.29 Å². The first-order valence-electron chi connectivity index (χ1n) is 6.84. The molecule has 3 aliphatic rings. The van der Waals surface area contributed by atoms with Gasteiger partial charge in [-0.1, -0.05) is 30.3 Å². The second-order valence-electron chi connectivity index (χ2n) is 4.98. The lowest BCUT2D eigenvalue weighted by molar-refractivity contribution is -0.0788. The van der Waals surface area contributed by atoms with E-state index in [9.17, 15) is 0 Å². The molecule has 3 heterocycles. The standard InChI is InChI=1S/C15H16O3S2/c1-2-4-10(5-3-1)8-16-12-11-9-17-15(18-11)14-13(12)19-6-7-20-14/h1-5,11-12,15H,6-9H2/t11-,12-,15-/m0/s1. The van der Waals surface area contributed by atoms with E-state index < -0.39 is 0 Å². The maximum atomic E-state index is 6.17. The summed E-state index contributed by atoms with van der Waals surface area (Å²) in [6, 6.07) is 10.3. The summed E-state index contributed by atoms with van der Waals surface area (Å²) < 4.78 is 17.8. The molecule has 3 nitrogen and oxygen atoms in total. The van der Waals surface area contributed by atoms with Crippen LogP contribution in [0.1, 0.15) is 5.56 Å². The van der Waals surface area contributed by atoms with Crippen molar-refractivity contribution in [1.82, 2.24) is 0 Å². The van der Waals surface area contributed by atoms with Crippen molar-refractivity contribution >= 4 is 23.5 Å². The van der Waals surface area contributed by atoms with Gasteiger partial charge in [0.2, 0.25) is 0 Å². The average molecular weight is 308 g/mol. The van der Waals surface area contributed by atoms with Gasteiger partial charge in [0.1, 0.15) is 12.2 Å². The van der Waals surface area contributed by atoms with Crippen LogP contribution >= 0.6 is 23.5 Å². The van der Waals surface area contributed by atoms with Crippen molar-refractivity contribution in [3.05, 3.63) is 45.7 Å². The van der Waals surface area contributed by atoms with Crippen molar-refractivity contribution in [3.8, 4) is 0 Å². The van der Waals surface area contributed by atoms with Crippen LogP contribution in [0.25, 0.3) is 0 Å². The summed E-state index contributed by atoms with van der Waals surface area (Å²) in [7, 11) is 0. The zero-order valence-corrected chi connectivity index (χ0v) is 12.6. The molecule has 0 N–H and O–H groups in total. The molecule has 0 spiro atoms. The highest BCUT2D eigenvalue weighted by molar-refractivity contribution is 8.10. The van der Waals surface area contributed by atoms with Crippen LogP contribution in [-0.4, -0.2) is 36.6 Å². The first-order chi connectivity index (χ1) is 9.92. The highest BCUT2D eigenvalue weighted by Gasteiger charge is 2.45. The molecule has 1 saturated heterocycles. The van der Waals surface area contributed by atoms with Gasteiger partial charge >= 0.3 is 0 Å². The van der Waals surface area contributed by atoms with E-state index in [4.69, 9.17) is 14.2 Å². The predicted octanol–water partition coefficient (Wildman–Crippen LogP) is 3.02. The summed E-state index contributed by atoms with van der Waals surface area (Å²) in [6.45, 7) is 1.26. The molecule has 3 atom stereocenters. The lowest BCUT2D eigenvalue weighted by Gasteiger charge is -2.34. The summed E-state index contributed by atoms with van der Waals surface area (Å²) in [5.41, 5.74) is 1.20. The third-order valence-corrected chi connectivity index (χ3v) is 6.32. The quantitative estimate of drug-likeness (QED) is 0.856. The maximum absolute atomic E-state index is 6.17. The van der Waals surface area contributed by atoms with Crippen molar-refractivity contribution < 1.29 is 14.2 Å². The van der Waals surface area contributed by atoms with Crippen molar-refractivity contribution in [2.24, 2.45) is 0 Å². The Morgan fingerprint density at radius 2 is 1.90 bits per heavy atom. The van der Waals surface area contributed by atoms with Gasteiger partial charge in [-0.05, 0) is 5.56 Å². The fraction of sp³-hybridized carbons (Fsp3) is 0.467. The van der Waals surface area contributed by atoms with E-state index in [0.717, 1.165) is 11.5 Å². The average Bonchev–Trinajstić information content (AvgIpc) is 2.94. The molecule has 0 aromatic heterocycles. The van der Waals surface area contributed by atoms with Crippen molar-refractivity contribution in [1.29, 1.82) is 0 Å². The Kier molecular flexibility index (Phi) is 3.79. The van der Waals surface area contributed by atoms with Crippen LogP contribution < -0.4 is 0 Å². The SMILES string of the molecule is c1ccc(CO[C@@H]2C3=C(SCCS3)[C@H]3OC[C@@H]2O3)cc1. The Balaban J connectivity index is 1.54. The van der Waals surface area contributed by atoms with E-state index in [2.05, 4.69) is 12.1 Å². The molecule has 4 rings (SSSR count). The number of thioether (sulfide) groups is 2. The highest BCUT2D eigenvalue weighted by atomic mass is 32.2. The van der Waals surface area contributed by atoms with Crippen LogP contribution in [0, 0.1) is 0 Å². The van der Waals surface area contributed by atoms with Gasteiger partial charge in [0, 0.05) is 16.4 Å². The Hall–Kier alpha value is -0.460. The first kappa shape index (κ1) is 13.2. The molecule has 0 saturated carbocycles. The molecule has 5 heteroatoms. The molecule has 2 bridgehead atoms. The van der Waals surface area contributed by atoms with E-state index in [1.165, 1.54) is 15.4 Å². The molecule has 1 aromatic carbocycles. The van der Waals surface area contributed by atoms with E-state index in [1.54, 1.807) is 0 Å². The van der Waals surface area contributed by atoms with Crippen LogP contribution in [0.2, 0.25) is 0 Å². The smallest absolute Gasteiger partial charge is 0.191 e. The second kappa shape index (κ2) is 5.73. The molecule has 1 fully saturated rings. The van der Waals surface area contributed by atoms with Gasteiger partial charge < -0.3 is 14.2 Å². The largest absolute Gasteiger partial charge is 0.365 e. The maximum Gasteiger partial charge on any atom is 0.191 e. The Labute approximate surface area is 127 Å². The third kappa shape index (κ3) is 2.42. The van der Waals surface area contributed by atoms with Gasteiger partial charge in [-0.25, -0.2) is 0 Å². The minimum atomic E-state index is -0.135. The van der Waals surface area contributed by atoms with Gasteiger partial charge in [-0.3, -0.25) is 0 Å². The molecule has 20 heavy (non-hydrogen) atoms. The van der Waals surface area contributed by atoms with Crippen LogP contribution in [0.3, 0.4) is 0 Å². The van der Waals surface area contributed by atoms with Crippen LogP contribution in [0.4, 0.5) is 0 Å². The Morgan fingerprint density at radius 3 is 2.75 bits per heavy atom. The van der Waals surface area contributed by atoms with E-state index in [-0.39, 0.29) is 18.5 Å². The summed E-state index contributed by atoms with van der Waals surface area (Å²) in [6.07, 6.45) is -0.0557. The molecule has 0 aliphatic carbocycles. The topological polar surface area (TPSA) is 27.7 Å². The predicted molar refractivity (Wildman–Crippen MR) is 81.6 cm³/mol. The van der Waals surface area contributed by atoms with Crippen LogP contribution in [0.15, 0.2) is 40.1 Å². The molecule has 1 aromatic rings. The summed E-state index contributed by atoms with van der Waals surface area (Å²) in [5.74, 6) is 2.27. The summed E-state index contributed by atoms with van der Waals surface area (Å²) in [5, 5.41) is 0. The highest BCUT2D eigenvalue weighted by Crippen LogP contribution is 2.47. The molecule has 0 amide bonds. The van der Waals surface area contributed by atoms with Crippen molar-refractivity contribution in [2.75, 3.05) is 18.1 Å². The van der Waals surface area contributed by atoms with Gasteiger partial charge in [0.05, 0.1) is 18.1 Å². The summed E-state index contributed by atoms with van der Waals surface area (Å²) >= 11 is 3.77. The Bertz CT molecular complexity index is 517. The second-order valence-corrected chi connectivity index (χ2v) is 7.26. The zero-order chi connectivity index (χ0) is 13.4. The lowest BCUT2D eigenvalue weighted by atomic mass is 10.1. The molecule has 0 unspecified atom stereocenters. The molecular formula is C15H16O3S2. The van der Waals surface area contributed by atoms with Crippen LogP contribution in [-0.2, 0) is 20.8 Å². The van der Waals surface area contributed by atoms with Crippen molar-refractivity contribution in [2.45, 2.75) is 25.1 Å². The molecule has 106 valence electrons. The number of ether oxygens (including phenoxy) is 3. The number of rotatable bonds is 3. The number of hydrogen-bond donors (Lipinski definition) is 0. The normalized spacial score (nSPS) is 32.3.